The standard InChI is InChI=1S/C18H20N4O3/c1-25-13-4-2-11(3-5-13)6-19-16-14-9-22(10-15(14)16)18-20-7-12(8-21-18)17(23)24/h2-5,7-8,14-16,19H,6,9-10H2,1H3,(H,23,24)/t14-,15+,16?. The number of ether oxygens (including phenoxy) is 1. The smallest absolute Gasteiger partial charge is 0.338 e. The number of benzene rings is 1. The number of anilines is 1. The molecule has 2 aromatic rings. The number of carbonyl (C=O) groups is 1. The summed E-state index contributed by atoms with van der Waals surface area (Å²) in [7, 11) is 1.67. The molecule has 2 N–H and O–H groups in total. The zero-order valence-electron chi connectivity index (χ0n) is 13.9. The van der Waals surface area contributed by atoms with E-state index in [1.807, 2.05) is 12.1 Å². The molecule has 1 aliphatic carbocycles. The molecule has 1 aromatic heterocycles. The number of rotatable bonds is 6. The normalized spacial score (nSPS) is 24.0. The lowest BCUT2D eigenvalue weighted by molar-refractivity contribution is 0.0696. The highest BCUT2D eigenvalue weighted by molar-refractivity contribution is 5.86. The lowest BCUT2D eigenvalue weighted by Gasteiger charge is -2.20. The molecule has 1 unspecified atom stereocenters. The van der Waals surface area contributed by atoms with Crippen molar-refractivity contribution in [1.29, 1.82) is 0 Å². The first-order valence-electron chi connectivity index (χ1n) is 8.32. The number of piperidine rings is 1. The SMILES string of the molecule is COc1ccc(CNC2[C@H]3CN(c4ncc(C(=O)O)cn4)C[C@@H]23)cc1. The van der Waals surface area contributed by atoms with E-state index in [-0.39, 0.29) is 5.56 Å². The fourth-order valence-corrected chi connectivity index (χ4v) is 3.57. The van der Waals surface area contributed by atoms with Crippen LogP contribution in [0, 0.1) is 11.8 Å². The van der Waals surface area contributed by atoms with Crippen molar-refractivity contribution in [3.63, 3.8) is 0 Å². The molecule has 7 heteroatoms. The number of carboxylic acid groups (broad SMARTS) is 1. The Morgan fingerprint density at radius 2 is 1.88 bits per heavy atom. The molecule has 0 amide bonds. The van der Waals surface area contributed by atoms with E-state index >= 15 is 0 Å². The topological polar surface area (TPSA) is 87.6 Å². The number of nitrogens with zero attached hydrogens (tertiary/aromatic N) is 3. The molecule has 2 fully saturated rings. The summed E-state index contributed by atoms with van der Waals surface area (Å²) in [5, 5.41) is 12.5. The van der Waals surface area contributed by atoms with Crippen molar-refractivity contribution in [3.05, 3.63) is 47.8 Å². The van der Waals surface area contributed by atoms with Crippen LogP contribution >= 0.6 is 0 Å². The zero-order chi connectivity index (χ0) is 17.4. The molecule has 4 rings (SSSR count). The van der Waals surface area contributed by atoms with Gasteiger partial charge in [-0.05, 0) is 29.5 Å². The van der Waals surface area contributed by atoms with Gasteiger partial charge in [-0.15, -0.1) is 0 Å². The van der Waals surface area contributed by atoms with Crippen LogP contribution in [0.5, 0.6) is 5.75 Å². The fraction of sp³-hybridized carbons (Fsp3) is 0.389. The van der Waals surface area contributed by atoms with Crippen molar-refractivity contribution < 1.29 is 14.6 Å². The van der Waals surface area contributed by atoms with E-state index in [1.54, 1.807) is 7.11 Å². The molecule has 0 radical (unpaired) electrons. The van der Waals surface area contributed by atoms with E-state index in [1.165, 1.54) is 18.0 Å². The molecule has 1 aromatic carbocycles. The van der Waals surface area contributed by atoms with Crippen molar-refractivity contribution in [1.82, 2.24) is 15.3 Å². The summed E-state index contributed by atoms with van der Waals surface area (Å²) < 4.78 is 5.17. The third-order valence-electron chi connectivity index (χ3n) is 5.06. The highest BCUT2D eigenvalue weighted by atomic mass is 16.5. The lowest BCUT2D eigenvalue weighted by Crippen LogP contribution is -2.32. The third kappa shape index (κ3) is 3.15. The van der Waals surface area contributed by atoms with Gasteiger partial charge in [0.05, 0.1) is 12.7 Å². The van der Waals surface area contributed by atoms with Crippen molar-refractivity contribution in [2.45, 2.75) is 12.6 Å². The van der Waals surface area contributed by atoms with Gasteiger partial charge in [0.2, 0.25) is 5.95 Å². The summed E-state index contributed by atoms with van der Waals surface area (Å²) in [6.07, 6.45) is 2.74. The van der Waals surface area contributed by atoms with Crippen LogP contribution in [0.4, 0.5) is 5.95 Å². The van der Waals surface area contributed by atoms with Crippen LogP contribution in [0.3, 0.4) is 0 Å². The number of hydrogen-bond donors (Lipinski definition) is 2. The second kappa shape index (κ2) is 6.33. The summed E-state index contributed by atoms with van der Waals surface area (Å²) in [5.41, 5.74) is 1.36. The third-order valence-corrected chi connectivity index (χ3v) is 5.06. The Kier molecular flexibility index (Phi) is 4.01. The minimum Gasteiger partial charge on any atom is -0.497 e. The molecule has 2 aliphatic rings. The summed E-state index contributed by atoms with van der Waals surface area (Å²) in [6, 6.07) is 8.65. The lowest BCUT2D eigenvalue weighted by atomic mass is 10.2. The number of methoxy groups -OCH3 is 1. The van der Waals surface area contributed by atoms with Gasteiger partial charge < -0.3 is 20.1 Å². The Balaban J connectivity index is 1.28. The maximum absolute atomic E-state index is 10.9. The van der Waals surface area contributed by atoms with Crippen molar-refractivity contribution in [3.8, 4) is 5.75 Å². The molecule has 0 spiro atoms. The molecule has 1 saturated heterocycles. The maximum atomic E-state index is 10.9. The summed E-state index contributed by atoms with van der Waals surface area (Å²) in [4.78, 5) is 21.3. The summed E-state index contributed by atoms with van der Waals surface area (Å²) >= 11 is 0. The number of carboxylic acids is 1. The van der Waals surface area contributed by atoms with Crippen molar-refractivity contribution >= 4 is 11.9 Å². The first kappa shape index (κ1) is 15.8. The van der Waals surface area contributed by atoms with Gasteiger partial charge in [-0.2, -0.15) is 0 Å². The van der Waals surface area contributed by atoms with Gasteiger partial charge >= 0.3 is 5.97 Å². The second-order valence-electron chi connectivity index (χ2n) is 6.56. The Labute approximate surface area is 145 Å². The minimum atomic E-state index is -1.00. The number of aromatic carboxylic acids is 1. The fourth-order valence-electron chi connectivity index (χ4n) is 3.57. The van der Waals surface area contributed by atoms with Crippen LogP contribution in [0.25, 0.3) is 0 Å². The Hall–Kier alpha value is -2.67. The molecule has 1 aliphatic heterocycles. The number of fused-ring (bicyclic) bond motifs is 1. The highest BCUT2D eigenvalue weighted by Crippen LogP contribution is 2.46. The average molecular weight is 340 g/mol. The molecule has 0 bridgehead atoms. The van der Waals surface area contributed by atoms with Gasteiger partial charge in [-0.1, -0.05) is 12.1 Å². The van der Waals surface area contributed by atoms with E-state index in [4.69, 9.17) is 9.84 Å². The quantitative estimate of drug-likeness (QED) is 0.822. The largest absolute Gasteiger partial charge is 0.497 e. The van der Waals surface area contributed by atoms with Crippen molar-refractivity contribution in [2.24, 2.45) is 11.8 Å². The van der Waals surface area contributed by atoms with E-state index in [9.17, 15) is 4.79 Å². The van der Waals surface area contributed by atoms with Crippen LogP contribution < -0.4 is 15.0 Å². The molecular formula is C18H20N4O3. The van der Waals surface area contributed by atoms with Crippen LogP contribution in [-0.2, 0) is 6.54 Å². The molecule has 3 atom stereocenters. The maximum Gasteiger partial charge on any atom is 0.338 e. The van der Waals surface area contributed by atoms with Crippen LogP contribution in [0.1, 0.15) is 15.9 Å². The van der Waals surface area contributed by atoms with Gasteiger partial charge in [0.15, 0.2) is 0 Å². The van der Waals surface area contributed by atoms with E-state index in [2.05, 4.69) is 32.3 Å². The predicted molar refractivity (Wildman–Crippen MR) is 91.8 cm³/mol. The minimum absolute atomic E-state index is 0.118. The second-order valence-corrected chi connectivity index (χ2v) is 6.56. The van der Waals surface area contributed by atoms with Gasteiger partial charge in [-0.3, -0.25) is 0 Å². The number of aromatic nitrogens is 2. The van der Waals surface area contributed by atoms with Gasteiger partial charge in [0.25, 0.3) is 0 Å². The average Bonchev–Trinajstić information content (AvgIpc) is 3.09. The Bertz CT molecular complexity index is 751. The number of nitrogens with one attached hydrogen (secondary N) is 1. The zero-order valence-corrected chi connectivity index (χ0v) is 13.9. The molecule has 1 saturated carbocycles. The van der Waals surface area contributed by atoms with Gasteiger partial charge in [0, 0.05) is 38.1 Å². The predicted octanol–water partition coefficient (Wildman–Crippen LogP) is 1.41. The molecular weight excluding hydrogens is 320 g/mol. The van der Waals surface area contributed by atoms with E-state index in [0.717, 1.165) is 25.4 Å². The Morgan fingerprint density at radius 3 is 2.44 bits per heavy atom. The molecule has 2 heterocycles. The highest BCUT2D eigenvalue weighted by Gasteiger charge is 2.55. The molecule has 7 nitrogen and oxygen atoms in total. The number of hydrogen-bond acceptors (Lipinski definition) is 6. The molecule has 25 heavy (non-hydrogen) atoms. The van der Waals surface area contributed by atoms with Crippen molar-refractivity contribution in [2.75, 3.05) is 25.1 Å². The monoisotopic (exact) mass is 340 g/mol. The van der Waals surface area contributed by atoms with Crippen LogP contribution in [-0.4, -0.2) is 47.3 Å². The van der Waals surface area contributed by atoms with E-state index < -0.39 is 5.97 Å². The van der Waals surface area contributed by atoms with Gasteiger partial charge in [-0.25, -0.2) is 14.8 Å². The summed E-state index contributed by atoms with van der Waals surface area (Å²) in [6.45, 7) is 2.68. The summed E-state index contributed by atoms with van der Waals surface area (Å²) in [5.74, 6) is 1.71. The first-order chi connectivity index (χ1) is 12.2. The van der Waals surface area contributed by atoms with Crippen LogP contribution in [0.15, 0.2) is 36.7 Å². The molecule has 130 valence electrons. The van der Waals surface area contributed by atoms with Gasteiger partial charge in [0.1, 0.15) is 5.75 Å². The van der Waals surface area contributed by atoms with Crippen LogP contribution in [0.2, 0.25) is 0 Å². The first-order valence-corrected chi connectivity index (χ1v) is 8.32. The Morgan fingerprint density at radius 1 is 1.24 bits per heavy atom. The van der Waals surface area contributed by atoms with E-state index in [0.29, 0.717) is 23.8 Å².